The van der Waals surface area contributed by atoms with Crippen LogP contribution in [0.4, 0.5) is 5.69 Å². The van der Waals surface area contributed by atoms with Crippen LogP contribution in [0.15, 0.2) is 23.8 Å². The molecular weight excluding hydrogens is 328 g/mol. The molecule has 0 aliphatic heterocycles. The predicted octanol–water partition coefficient (Wildman–Crippen LogP) is 3.24. The van der Waals surface area contributed by atoms with Crippen molar-refractivity contribution in [3.63, 3.8) is 0 Å². The van der Waals surface area contributed by atoms with Gasteiger partial charge in [-0.1, -0.05) is 11.6 Å². The Morgan fingerprint density at radius 3 is 2.71 bits per heavy atom. The molecule has 0 aliphatic rings. The number of carbonyl (C=O) groups is 1. The summed E-state index contributed by atoms with van der Waals surface area (Å²) in [6.07, 6.45) is 1.53. The van der Waals surface area contributed by atoms with Crippen LogP contribution in [0.5, 0.6) is 5.75 Å². The quantitative estimate of drug-likeness (QED) is 0.682. The van der Waals surface area contributed by atoms with Crippen LogP contribution in [0.25, 0.3) is 6.08 Å². The molecule has 2 aromatic rings. The fourth-order valence-corrected chi connectivity index (χ4v) is 2.37. The van der Waals surface area contributed by atoms with Gasteiger partial charge in [0, 0.05) is 24.4 Å². The maximum atomic E-state index is 12.4. The Kier molecular flexibility index (Phi) is 5.27. The molecule has 0 saturated carbocycles. The average Bonchev–Trinajstić information content (AvgIpc) is 2.80. The van der Waals surface area contributed by atoms with Gasteiger partial charge in [0.05, 0.1) is 23.5 Å². The molecular formula is C17H17ClN4O2. The number of aryl methyl sites for hydroxylation is 2. The summed E-state index contributed by atoms with van der Waals surface area (Å²) in [5, 5.41) is 16.6. The molecule has 0 saturated heterocycles. The van der Waals surface area contributed by atoms with Crippen molar-refractivity contribution >= 4 is 29.3 Å². The van der Waals surface area contributed by atoms with E-state index in [4.69, 9.17) is 16.3 Å². The lowest BCUT2D eigenvalue weighted by Gasteiger charge is -2.08. The maximum absolute atomic E-state index is 12.4. The van der Waals surface area contributed by atoms with E-state index in [0.717, 1.165) is 17.0 Å². The van der Waals surface area contributed by atoms with E-state index in [-0.39, 0.29) is 5.57 Å². The van der Waals surface area contributed by atoms with Crippen LogP contribution in [-0.4, -0.2) is 22.8 Å². The molecule has 0 spiro atoms. The number of nitrogens with one attached hydrogen (secondary N) is 1. The number of carbonyl (C=O) groups excluding carboxylic acids is 1. The van der Waals surface area contributed by atoms with E-state index in [0.29, 0.717) is 16.5 Å². The number of anilines is 1. The number of ether oxygens (including phenoxy) is 1. The first-order valence-electron chi connectivity index (χ1n) is 7.14. The molecule has 0 bridgehead atoms. The number of nitriles is 1. The molecule has 1 heterocycles. The molecule has 2 rings (SSSR count). The van der Waals surface area contributed by atoms with Gasteiger partial charge in [0.1, 0.15) is 17.4 Å². The molecule has 24 heavy (non-hydrogen) atoms. The third kappa shape index (κ3) is 3.58. The zero-order valence-corrected chi connectivity index (χ0v) is 14.6. The van der Waals surface area contributed by atoms with Gasteiger partial charge in [-0.05, 0) is 32.1 Å². The van der Waals surface area contributed by atoms with Gasteiger partial charge in [0.25, 0.3) is 5.91 Å². The van der Waals surface area contributed by atoms with Crippen molar-refractivity contribution in [2.75, 3.05) is 12.4 Å². The van der Waals surface area contributed by atoms with Crippen molar-refractivity contribution in [1.82, 2.24) is 9.78 Å². The predicted molar refractivity (Wildman–Crippen MR) is 92.9 cm³/mol. The van der Waals surface area contributed by atoms with Gasteiger partial charge in [-0.15, -0.1) is 0 Å². The largest absolute Gasteiger partial charge is 0.497 e. The third-order valence-corrected chi connectivity index (χ3v) is 3.97. The summed E-state index contributed by atoms with van der Waals surface area (Å²) in [5.41, 5.74) is 2.71. The lowest BCUT2D eigenvalue weighted by Crippen LogP contribution is -2.14. The van der Waals surface area contributed by atoms with Crippen molar-refractivity contribution < 1.29 is 9.53 Å². The number of hydrogen-bond donors (Lipinski definition) is 1. The Labute approximate surface area is 145 Å². The summed E-state index contributed by atoms with van der Waals surface area (Å²) in [4.78, 5) is 12.4. The molecule has 1 aromatic carbocycles. The monoisotopic (exact) mass is 344 g/mol. The first kappa shape index (κ1) is 17.6. The molecule has 0 radical (unpaired) electrons. The lowest BCUT2D eigenvalue weighted by atomic mass is 10.1. The molecule has 0 unspecified atom stereocenters. The number of aromatic nitrogens is 2. The number of amides is 1. The second-order valence-electron chi connectivity index (χ2n) is 5.18. The van der Waals surface area contributed by atoms with E-state index in [1.54, 1.807) is 22.9 Å². The van der Waals surface area contributed by atoms with E-state index < -0.39 is 5.91 Å². The molecule has 0 atom stereocenters. The molecule has 1 amide bonds. The Hall–Kier alpha value is -2.78. The van der Waals surface area contributed by atoms with Crippen LogP contribution in [0, 0.1) is 25.2 Å². The number of hydrogen-bond acceptors (Lipinski definition) is 4. The summed E-state index contributed by atoms with van der Waals surface area (Å²) >= 11 is 6.07. The minimum atomic E-state index is -0.546. The Morgan fingerprint density at radius 2 is 2.17 bits per heavy atom. The van der Waals surface area contributed by atoms with Gasteiger partial charge in [-0.25, -0.2) is 0 Å². The number of rotatable bonds is 4. The number of methoxy groups -OCH3 is 1. The van der Waals surface area contributed by atoms with Crippen LogP contribution < -0.4 is 10.1 Å². The molecule has 6 nitrogen and oxygen atoms in total. The van der Waals surface area contributed by atoms with Crippen molar-refractivity contribution in [3.05, 3.63) is 45.7 Å². The van der Waals surface area contributed by atoms with Crippen molar-refractivity contribution in [1.29, 1.82) is 5.26 Å². The first-order valence-corrected chi connectivity index (χ1v) is 7.52. The molecule has 1 N–H and O–H groups in total. The van der Waals surface area contributed by atoms with Gasteiger partial charge in [0.2, 0.25) is 0 Å². The van der Waals surface area contributed by atoms with Gasteiger partial charge < -0.3 is 10.1 Å². The van der Waals surface area contributed by atoms with Crippen molar-refractivity contribution in [3.8, 4) is 11.8 Å². The smallest absolute Gasteiger partial charge is 0.266 e. The first-order chi connectivity index (χ1) is 11.4. The van der Waals surface area contributed by atoms with E-state index >= 15 is 0 Å². The normalized spacial score (nSPS) is 11.1. The molecule has 1 aromatic heterocycles. The van der Waals surface area contributed by atoms with Gasteiger partial charge in [-0.3, -0.25) is 9.48 Å². The van der Waals surface area contributed by atoms with Crippen LogP contribution in [0.1, 0.15) is 17.0 Å². The molecule has 0 fully saturated rings. The van der Waals surface area contributed by atoms with Crippen LogP contribution in [0.2, 0.25) is 5.02 Å². The van der Waals surface area contributed by atoms with Crippen LogP contribution in [0.3, 0.4) is 0 Å². The topological polar surface area (TPSA) is 79.9 Å². The summed E-state index contributed by atoms with van der Waals surface area (Å²) in [5.74, 6) is 0.00596. The number of benzene rings is 1. The van der Waals surface area contributed by atoms with Crippen LogP contribution in [-0.2, 0) is 11.8 Å². The average molecular weight is 345 g/mol. The van der Waals surface area contributed by atoms with E-state index in [1.165, 1.54) is 13.2 Å². The molecule has 0 aliphatic carbocycles. The zero-order chi connectivity index (χ0) is 17.9. The second kappa shape index (κ2) is 7.20. The fraction of sp³-hybridized carbons (Fsp3) is 0.235. The van der Waals surface area contributed by atoms with Gasteiger partial charge in [-0.2, -0.15) is 10.4 Å². The van der Waals surface area contributed by atoms with Gasteiger partial charge in [0.15, 0.2) is 0 Å². The highest BCUT2D eigenvalue weighted by Gasteiger charge is 2.15. The minimum absolute atomic E-state index is 0.0342. The minimum Gasteiger partial charge on any atom is -0.497 e. The highest BCUT2D eigenvalue weighted by Crippen LogP contribution is 2.27. The number of halogens is 1. The second-order valence-corrected chi connectivity index (χ2v) is 5.59. The fourth-order valence-electron chi connectivity index (χ4n) is 2.21. The van der Waals surface area contributed by atoms with E-state index in [2.05, 4.69) is 10.4 Å². The molecule has 124 valence electrons. The SMILES string of the molecule is COc1ccc(Cl)c(NC(=O)C(C#N)=Cc2c(C)nn(C)c2C)c1. The Morgan fingerprint density at radius 1 is 1.46 bits per heavy atom. The Balaban J connectivity index is 2.33. The highest BCUT2D eigenvalue weighted by atomic mass is 35.5. The summed E-state index contributed by atoms with van der Waals surface area (Å²) in [6, 6.07) is 6.81. The lowest BCUT2D eigenvalue weighted by molar-refractivity contribution is -0.112. The van der Waals surface area contributed by atoms with E-state index in [1.807, 2.05) is 27.0 Å². The summed E-state index contributed by atoms with van der Waals surface area (Å²) < 4.78 is 6.81. The zero-order valence-electron chi connectivity index (χ0n) is 13.8. The number of nitrogens with zero attached hydrogens (tertiary/aromatic N) is 3. The highest BCUT2D eigenvalue weighted by molar-refractivity contribution is 6.34. The molecule has 7 heteroatoms. The summed E-state index contributed by atoms with van der Waals surface area (Å²) in [6.45, 7) is 3.70. The summed E-state index contributed by atoms with van der Waals surface area (Å²) in [7, 11) is 3.32. The maximum Gasteiger partial charge on any atom is 0.266 e. The van der Waals surface area contributed by atoms with Crippen molar-refractivity contribution in [2.45, 2.75) is 13.8 Å². The van der Waals surface area contributed by atoms with Crippen molar-refractivity contribution in [2.24, 2.45) is 7.05 Å². The van der Waals surface area contributed by atoms with Gasteiger partial charge >= 0.3 is 0 Å². The Bertz CT molecular complexity index is 862. The third-order valence-electron chi connectivity index (χ3n) is 3.64. The van der Waals surface area contributed by atoms with E-state index in [9.17, 15) is 10.1 Å². The standard InChI is InChI=1S/C17H17ClN4O2/c1-10-14(11(2)22(3)21-10)7-12(9-19)17(23)20-16-8-13(24-4)5-6-15(16)18/h5-8H,1-4H3,(H,20,23). The van der Waals surface area contributed by atoms with Crippen LogP contribution >= 0.6 is 11.6 Å².